The maximum Gasteiger partial charge on any atom is 0.139 e. The summed E-state index contributed by atoms with van der Waals surface area (Å²) in [6.45, 7) is 9.64. The van der Waals surface area contributed by atoms with Crippen LogP contribution in [0.5, 0.6) is 0 Å². The predicted octanol–water partition coefficient (Wildman–Crippen LogP) is 3.43. The Balaban J connectivity index is 2.41. The Morgan fingerprint density at radius 1 is 1.19 bits per heavy atom. The zero-order valence-corrected chi connectivity index (χ0v) is 14.0. The number of hydrogen-bond donors (Lipinski definition) is 1. The van der Waals surface area contributed by atoms with E-state index >= 15 is 0 Å². The summed E-state index contributed by atoms with van der Waals surface area (Å²) < 4.78 is 20.7. The molecule has 1 heterocycles. The van der Waals surface area contributed by atoms with E-state index in [1.165, 1.54) is 0 Å². The molecule has 0 bridgehead atoms. The first kappa shape index (κ1) is 16.1. The second kappa shape index (κ2) is 6.22. The number of nitrogens with zero attached hydrogens (tertiary/aromatic N) is 1. The fraction of sp³-hybridized carbons (Fsp3) is 0.438. The second-order valence-corrected chi connectivity index (χ2v) is 8.08. The topological polar surface area (TPSA) is 61.1 Å². The molecule has 0 saturated heterocycles. The normalized spacial score (nSPS) is 15.0. The van der Waals surface area contributed by atoms with Crippen LogP contribution >= 0.6 is 0 Å². The lowest BCUT2D eigenvalue weighted by Gasteiger charge is -2.28. The molecule has 2 unspecified atom stereocenters. The highest BCUT2D eigenvalue weighted by atomic mass is 32.2. The van der Waals surface area contributed by atoms with Crippen LogP contribution in [0.1, 0.15) is 49.4 Å². The molecular formula is C16H22N2O2S. The molecular weight excluding hydrogens is 284 g/mol. The summed E-state index contributed by atoms with van der Waals surface area (Å²) in [6.07, 6.45) is 0. The third-order valence-electron chi connectivity index (χ3n) is 3.29. The molecule has 0 radical (unpaired) electrons. The van der Waals surface area contributed by atoms with Gasteiger partial charge < -0.3 is 9.08 Å². The summed E-state index contributed by atoms with van der Waals surface area (Å²) in [4.78, 5) is 0. The molecule has 0 spiro atoms. The summed E-state index contributed by atoms with van der Waals surface area (Å²) in [6, 6.07) is 9.75. The summed E-state index contributed by atoms with van der Waals surface area (Å²) in [7, 11) is 0. The minimum absolute atomic E-state index is 0.197. The first-order chi connectivity index (χ1) is 9.80. The summed E-state index contributed by atoms with van der Waals surface area (Å²) in [5.41, 5.74) is 2.82. The van der Waals surface area contributed by atoms with Crippen molar-refractivity contribution < 1.29 is 9.08 Å². The van der Waals surface area contributed by atoms with E-state index in [0.29, 0.717) is 0 Å². The predicted molar refractivity (Wildman–Crippen MR) is 85.3 cm³/mol. The Kier molecular flexibility index (Phi) is 4.76. The van der Waals surface area contributed by atoms with Crippen molar-refractivity contribution in [2.45, 2.75) is 45.4 Å². The SMILES string of the molecule is Cc1noc(C)c1C(N[S+]([O-])C(C)(C)C)c1ccccc1. The number of nitrogens with one attached hydrogen (secondary N) is 1. The molecule has 1 N–H and O–H groups in total. The molecule has 114 valence electrons. The Bertz CT molecular complexity index is 571. The molecule has 4 nitrogen and oxygen atoms in total. The third-order valence-corrected chi connectivity index (χ3v) is 4.85. The third kappa shape index (κ3) is 3.67. The van der Waals surface area contributed by atoms with Gasteiger partial charge in [-0.3, -0.25) is 0 Å². The largest absolute Gasteiger partial charge is 0.598 e. The van der Waals surface area contributed by atoms with E-state index in [1.807, 2.05) is 65.0 Å². The molecule has 0 saturated carbocycles. The van der Waals surface area contributed by atoms with Gasteiger partial charge in [-0.25, -0.2) is 0 Å². The quantitative estimate of drug-likeness (QED) is 0.879. The van der Waals surface area contributed by atoms with Crippen LogP contribution in [-0.2, 0) is 11.4 Å². The van der Waals surface area contributed by atoms with Crippen LogP contribution in [0.15, 0.2) is 34.9 Å². The monoisotopic (exact) mass is 306 g/mol. The van der Waals surface area contributed by atoms with Crippen LogP contribution in [0.25, 0.3) is 0 Å². The fourth-order valence-corrected chi connectivity index (χ4v) is 2.95. The molecule has 1 aromatic carbocycles. The molecule has 21 heavy (non-hydrogen) atoms. The van der Waals surface area contributed by atoms with Gasteiger partial charge in [0.05, 0.1) is 5.69 Å². The van der Waals surface area contributed by atoms with Crippen molar-refractivity contribution in [3.05, 3.63) is 52.9 Å². The van der Waals surface area contributed by atoms with Crippen molar-refractivity contribution in [1.82, 2.24) is 9.88 Å². The van der Waals surface area contributed by atoms with Crippen LogP contribution in [0.4, 0.5) is 0 Å². The van der Waals surface area contributed by atoms with Gasteiger partial charge in [0, 0.05) is 16.9 Å². The van der Waals surface area contributed by atoms with Crippen LogP contribution < -0.4 is 4.72 Å². The first-order valence-corrected chi connectivity index (χ1v) is 8.11. The lowest BCUT2D eigenvalue weighted by Crippen LogP contribution is -2.41. The molecule has 2 rings (SSSR count). The zero-order chi connectivity index (χ0) is 15.6. The number of benzene rings is 1. The highest BCUT2D eigenvalue weighted by Crippen LogP contribution is 2.30. The smallest absolute Gasteiger partial charge is 0.139 e. The maximum absolute atomic E-state index is 12.5. The maximum atomic E-state index is 12.5. The Morgan fingerprint density at radius 3 is 2.29 bits per heavy atom. The van der Waals surface area contributed by atoms with Crippen LogP contribution in [0.3, 0.4) is 0 Å². The van der Waals surface area contributed by atoms with Gasteiger partial charge in [-0.15, -0.1) is 4.72 Å². The number of aromatic nitrogens is 1. The number of aryl methyl sites for hydroxylation is 2. The molecule has 0 aliphatic heterocycles. The van der Waals surface area contributed by atoms with Crippen LogP contribution in [0.2, 0.25) is 0 Å². The molecule has 0 fully saturated rings. The number of rotatable bonds is 4. The lowest BCUT2D eigenvalue weighted by atomic mass is 9.98. The molecule has 5 heteroatoms. The molecule has 0 aliphatic rings. The minimum atomic E-state index is -1.19. The van der Waals surface area contributed by atoms with Gasteiger partial charge in [0.15, 0.2) is 0 Å². The van der Waals surface area contributed by atoms with Crippen LogP contribution in [0, 0.1) is 13.8 Å². The average Bonchev–Trinajstić information content (AvgIpc) is 2.75. The molecule has 0 aliphatic carbocycles. The van der Waals surface area contributed by atoms with Gasteiger partial charge >= 0.3 is 0 Å². The van der Waals surface area contributed by atoms with E-state index in [0.717, 1.165) is 22.6 Å². The van der Waals surface area contributed by atoms with Gasteiger partial charge in [-0.1, -0.05) is 35.5 Å². The van der Waals surface area contributed by atoms with E-state index in [9.17, 15) is 4.55 Å². The van der Waals surface area contributed by atoms with Gasteiger partial charge in [0.25, 0.3) is 0 Å². The minimum Gasteiger partial charge on any atom is -0.598 e. The zero-order valence-electron chi connectivity index (χ0n) is 13.1. The molecule has 1 aromatic heterocycles. The van der Waals surface area contributed by atoms with Gasteiger partial charge in [0.2, 0.25) is 0 Å². The van der Waals surface area contributed by atoms with Gasteiger partial charge in [-0.05, 0) is 40.2 Å². The number of hydrogen-bond acceptors (Lipinski definition) is 4. The van der Waals surface area contributed by atoms with Crippen molar-refractivity contribution in [2.75, 3.05) is 0 Å². The van der Waals surface area contributed by atoms with E-state index in [4.69, 9.17) is 4.52 Å². The van der Waals surface area contributed by atoms with Crippen molar-refractivity contribution >= 4 is 11.4 Å². The average molecular weight is 306 g/mol. The van der Waals surface area contributed by atoms with Crippen LogP contribution in [-0.4, -0.2) is 14.5 Å². The van der Waals surface area contributed by atoms with Crippen molar-refractivity contribution in [2.24, 2.45) is 0 Å². The van der Waals surface area contributed by atoms with Crippen molar-refractivity contribution in [1.29, 1.82) is 0 Å². The Morgan fingerprint density at radius 2 is 1.81 bits per heavy atom. The van der Waals surface area contributed by atoms with E-state index in [1.54, 1.807) is 0 Å². The highest BCUT2D eigenvalue weighted by Gasteiger charge is 2.32. The van der Waals surface area contributed by atoms with Gasteiger partial charge in [0.1, 0.15) is 16.5 Å². The second-order valence-electron chi connectivity index (χ2n) is 6.08. The molecule has 2 atom stereocenters. The van der Waals surface area contributed by atoms with E-state index in [-0.39, 0.29) is 10.8 Å². The molecule has 2 aromatic rings. The summed E-state index contributed by atoms with van der Waals surface area (Å²) >= 11 is -1.19. The van der Waals surface area contributed by atoms with Gasteiger partial charge in [-0.2, -0.15) is 0 Å². The highest BCUT2D eigenvalue weighted by molar-refractivity contribution is 7.90. The first-order valence-electron chi connectivity index (χ1n) is 6.96. The van der Waals surface area contributed by atoms with Crippen molar-refractivity contribution in [3.8, 4) is 0 Å². The molecule has 0 amide bonds. The Labute approximate surface area is 129 Å². The fourth-order valence-electron chi connectivity index (χ4n) is 2.13. The lowest BCUT2D eigenvalue weighted by molar-refractivity contribution is 0.391. The summed E-state index contributed by atoms with van der Waals surface area (Å²) in [5.74, 6) is 0.750. The summed E-state index contributed by atoms with van der Waals surface area (Å²) in [5, 5.41) is 4.02. The van der Waals surface area contributed by atoms with Crippen molar-refractivity contribution in [3.63, 3.8) is 0 Å². The standard InChI is InChI=1S/C16H22N2O2S/c1-11-14(12(2)20-17-11)15(13-9-7-6-8-10-13)18-21(19)16(3,4)5/h6-10,15,18H,1-5H3. The Hall–Kier alpha value is -1.30. The van der Waals surface area contributed by atoms with E-state index < -0.39 is 11.4 Å². The van der Waals surface area contributed by atoms with E-state index in [2.05, 4.69) is 9.88 Å².